The third kappa shape index (κ3) is 5.00. The molecule has 6 nitrogen and oxygen atoms in total. The number of rotatable bonds is 5. The van der Waals surface area contributed by atoms with Gasteiger partial charge in [-0.1, -0.05) is 82.6 Å². The largest absolute Gasteiger partial charge is 0.345 e. The van der Waals surface area contributed by atoms with Crippen molar-refractivity contribution in [2.75, 3.05) is 25.5 Å². The molecule has 1 fully saturated rings. The van der Waals surface area contributed by atoms with Crippen LogP contribution in [0.5, 0.6) is 0 Å². The second kappa shape index (κ2) is 10.9. The predicted molar refractivity (Wildman–Crippen MR) is 169 cm³/mol. The van der Waals surface area contributed by atoms with Crippen LogP contribution in [-0.2, 0) is 15.0 Å². The first-order chi connectivity index (χ1) is 19.8. The lowest BCUT2D eigenvalue weighted by Gasteiger charge is -2.38. The van der Waals surface area contributed by atoms with E-state index in [1.54, 1.807) is 26.2 Å². The molecule has 2 aliphatic rings. The SMILES string of the molecule is CC(C)C1N(C(=O)CC(C)(C)C)CC[C@@]12C(=O)N(c1cccc(-c3ccc(C(=O)N(C)C)c(Cl)c3)c1)c1ccccc12. The average molecular weight is 586 g/mol. The van der Waals surface area contributed by atoms with Gasteiger partial charge < -0.3 is 9.80 Å². The lowest BCUT2D eigenvalue weighted by molar-refractivity contribution is -0.136. The zero-order chi connectivity index (χ0) is 30.6. The minimum atomic E-state index is -0.814. The summed E-state index contributed by atoms with van der Waals surface area (Å²) < 4.78 is 0. The van der Waals surface area contributed by atoms with Gasteiger partial charge in [-0.15, -0.1) is 0 Å². The highest BCUT2D eigenvalue weighted by molar-refractivity contribution is 6.34. The number of para-hydroxylation sites is 1. The summed E-state index contributed by atoms with van der Waals surface area (Å²) in [6.07, 6.45) is 1.03. The maximum atomic E-state index is 14.8. The summed E-state index contributed by atoms with van der Waals surface area (Å²) in [4.78, 5) is 46.2. The molecular formula is C35H40ClN3O3. The maximum absolute atomic E-state index is 14.8. The fourth-order valence-corrected chi connectivity index (χ4v) is 7.06. The van der Waals surface area contributed by atoms with E-state index in [4.69, 9.17) is 11.6 Å². The van der Waals surface area contributed by atoms with Gasteiger partial charge in [-0.25, -0.2) is 0 Å². The van der Waals surface area contributed by atoms with Crippen LogP contribution in [0.15, 0.2) is 66.7 Å². The summed E-state index contributed by atoms with van der Waals surface area (Å²) in [5.74, 6) is 0.0499. The standard InChI is InChI=1S/C35H40ClN3O3/c1-22(2)31-35(17-18-38(31)30(40)21-34(3,4)5)27-13-8-9-14-29(27)39(33(35)42)25-12-10-11-23(19-25)24-15-16-26(28(36)20-24)32(41)37(6)7/h8-16,19-20,22,31H,17-18,21H2,1-7H3/t31?,35-/m0/s1. The maximum Gasteiger partial charge on any atom is 0.254 e. The Morgan fingerprint density at radius 1 is 1.00 bits per heavy atom. The number of amides is 3. The van der Waals surface area contributed by atoms with Gasteiger partial charge in [0.25, 0.3) is 5.91 Å². The monoisotopic (exact) mass is 585 g/mol. The molecular weight excluding hydrogens is 546 g/mol. The van der Waals surface area contributed by atoms with E-state index in [9.17, 15) is 14.4 Å². The topological polar surface area (TPSA) is 60.9 Å². The van der Waals surface area contributed by atoms with Gasteiger partial charge in [0.15, 0.2) is 0 Å². The molecule has 1 unspecified atom stereocenters. The summed E-state index contributed by atoms with van der Waals surface area (Å²) >= 11 is 6.54. The predicted octanol–water partition coefficient (Wildman–Crippen LogP) is 7.32. The second-order valence-corrected chi connectivity index (χ2v) is 13.7. The normalized spacial score (nSPS) is 20.0. The van der Waals surface area contributed by atoms with Crippen molar-refractivity contribution >= 4 is 40.7 Å². The molecule has 0 saturated carbocycles. The van der Waals surface area contributed by atoms with Crippen molar-refractivity contribution < 1.29 is 14.4 Å². The van der Waals surface area contributed by atoms with Crippen molar-refractivity contribution in [3.63, 3.8) is 0 Å². The molecule has 3 amide bonds. The van der Waals surface area contributed by atoms with Crippen LogP contribution in [0.1, 0.15) is 63.4 Å². The van der Waals surface area contributed by atoms with Gasteiger partial charge in [0.05, 0.1) is 27.7 Å². The summed E-state index contributed by atoms with van der Waals surface area (Å²) in [5, 5.41) is 0.379. The summed E-state index contributed by atoms with van der Waals surface area (Å²) in [6.45, 7) is 11.0. The lowest BCUT2D eigenvalue weighted by atomic mass is 9.71. The van der Waals surface area contributed by atoms with Crippen molar-refractivity contribution in [2.24, 2.45) is 11.3 Å². The molecule has 1 spiro atoms. The van der Waals surface area contributed by atoms with Crippen LogP contribution in [0.25, 0.3) is 11.1 Å². The van der Waals surface area contributed by atoms with Crippen molar-refractivity contribution in [3.05, 3.63) is 82.9 Å². The van der Waals surface area contributed by atoms with Crippen molar-refractivity contribution in [1.82, 2.24) is 9.80 Å². The molecule has 0 aliphatic carbocycles. The number of anilines is 2. The highest BCUT2D eigenvalue weighted by Gasteiger charge is 2.62. The number of hydrogen-bond acceptors (Lipinski definition) is 3. The third-order valence-corrected chi connectivity index (χ3v) is 8.79. The Balaban J connectivity index is 1.56. The Labute approximate surface area is 254 Å². The Kier molecular flexibility index (Phi) is 7.73. The average Bonchev–Trinajstić information content (AvgIpc) is 3.45. The Morgan fingerprint density at radius 2 is 1.69 bits per heavy atom. The molecule has 0 radical (unpaired) electrons. The van der Waals surface area contributed by atoms with Crippen molar-refractivity contribution in [3.8, 4) is 11.1 Å². The molecule has 0 bridgehead atoms. The third-order valence-electron chi connectivity index (χ3n) is 8.47. The van der Waals surface area contributed by atoms with Crippen LogP contribution < -0.4 is 4.90 Å². The molecule has 7 heteroatoms. The first-order valence-electron chi connectivity index (χ1n) is 14.6. The van der Waals surface area contributed by atoms with E-state index in [1.807, 2.05) is 58.3 Å². The van der Waals surface area contributed by atoms with E-state index in [2.05, 4.69) is 40.7 Å². The van der Waals surface area contributed by atoms with Crippen LogP contribution >= 0.6 is 11.6 Å². The number of hydrogen-bond donors (Lipinski definition) is 0. The number of halogens is 1. The minimum absolute atomic E-state index is 0.00979. The molecule has 3 aromatic carbocycles. The van der Waals surface area contributed by atoms with Crippen LogP contribution in [0, 0.1) is 11.3 Å². The molecule has 5 rings (SSSR count). The van der Waals surface area contributed by atoms with Gasteiger partial charge in [-0.2, -0.15) is 0 Å². The van der Waals surface area contributed by atoms with E-state index in [0.717, 1.165) is 28.1 Å². The highest BCUT2D eigenvalue weighted by Crippen LogP contribution is 2.55. The zero-order valence-electron chi connectivity index (χ0n) is 25.6. The van der Waals surface area contributed by atoms with Crippen molar-refractivity contribution in [1.29, 1.82) is 0 Å². The Hall–Kier alpha value is -3.64. The van der Waals surface area contributed by atoms with E-state index >= 15 is 0 Å². The van der Waals surface area contributed by atoms with Gasteiger partial charge in [-0.3, -0.25) is 19.3 Å². The van der Waals surface area contributed by atoms with Gasteiger partial charge in [0, 0.05) is 32.7 Å². The number of fused-ring (bicyclic) bond motifs is 2. The van der Waals surface area contributed by atoms with E-state index in [0.29, 0.717) is 30.0 Å². The van der Waals surface area contributed by atoms with Crippen LogP contribution in [-0.4, -0.2) is 54.2 Å². The zero-order valence-corrected chi connectivity index (χ0v) is 26.3. The molecule has 42 heavy (non-hydrogen) atoms. The van der Waals surface area contributed by atoms with Gasteiger partial charge in [0.2, 0.25) is 11.8 Å². The lowest BCUT2D eigenvalue weighted by Crippen LogP contribution is -2.53. The number of carbonyl (C=O) groups is 3. The first-order valence-corrected chi connectivity index (χ1v) is 15.0. The number of likely N-dealkylation sites (tertiary alicyclic amines) is 1. The summed E-state index contributed by atoms with van der Waals surface area (Å²) in [6, 6.07) is 21.1. The fraction of sp³-hybridized carbons (Fsp3) is 0.400. The van der Waals surface area contributed by atoms with Gasteiger partial charge in [-0.05, 0) is 64.8 Å². The van der Waals surface area contributed by atoms with Crippen LogP contribution in [0.4, 0.5) is 11.4 Å². The molecule has 2 heterocycles. The fourth-order valence-electron chi connectivity index (χ4n) is 6.80. The highest BCUT2D eigenvalue weighted by atomic mass is 35.5. The van der Waals surface area contributed by atoms with Crippen LogP contribution in [0.3, 0.4) is 0 Å². The Bertz CT molecular complexity index is 1560. The summed E-state index contributed by atoms with van der Waals surface area (Å²) in [7, 11) is 3.39. The van der Waals surface area contributed by atoms with Crippen LogP contribution in [0.2, 0.25) is 5.02 Å². The summed E-state index contributed by atoms with van der Waals surface area (Å²) in [5.41, 5.74) is 3.84. The van der Waals surface area contributed by atoms with Gasteiger partial charge >= 0.3 is 0 Å². The molecule has 1 saturated heterocycles. The van der Waals surface area contributed by atoms with E-state index < -0.39 is 5.41 Å². The van der Waals surface area contributed by atoms with Crippen molar-refractivity contribution in [2.45, 2.75) is 58.9 Å². The quantitative estimate of drug-likeness (QED) is 0.315. The van der Waals surface area contributed by atoms with E-state index in [-0.39, 0.29) is 35.1 Å². The molecule has 3 aromatic rings. The molecule has 2 atom stereocenters. The minimum Gasteiger partial charge on any atom is -0.345 e. The Morgan fingerprint density at radius 3 is 2.33 bits per heavy atom. The van der Waals surface area contributed by atoms with Gasteiger partial charge in [0.1, 0.15) is 0 Å². The molecule has 0 N–H and O–H groups in total. The molecule has 220 valence electrons. The number of benzene rings is 3. The first kappa shape index (κ1) is 29.8. The molecule has 2 aliphatic heterocycles. The second-order valence-electron chi connectivity index (χ2n) is 13.3. The number of nitrogens with zero attached hydrogens (tertiary/aromatic N) is 3. The smallest absolute Gasteiger partial charge is 0.254 e. The number of carbonyl (C=O) groups excluding carboxylic acids is 3. The molecule has 0 aromatic heterocycles. The van der Waals surface area contributed by atoms with E-state index in [1.165, 1.54) is 4.90 Å².